The zero-order valence-corrected chi connectivity index (χ0v) is 14.6. The summed E-state index contributed by atoms with van der Waals surface area (Å²) >= 11 is 0. The minimum Gasteiger partial charge on any atom is -0.478 e. The number of carbonyl (C=O) groups excluding carboxylic acids is 1. The highest BCUT2D eigenvalue weighted by molar-refractivity contribution is 7.90. The molecule has 0 unspecified atom stereocenters. The summed E-state index contributed by atoms with van der Waals surface area (Å²) in [5.41, 5.74) is 1.72. The zero-order chi connectivity index (χ0) is 18.9. The predicted octanol–water partition coefficient (Wildman–Crippen LogP) is 2.45. The maximum Gasteiger partial charge on any atom is 0.336 e. The normalized spacial score (nSPS) is 11.4. The third-order valence-electron chi connectivity index (χ3n) is 3.90. The van der Waals surface area contributed by atoms with Crippen LogP contribution in [0.4, 0.5) is 5.69 Å². The minimum absolute atomic E-state index is 0.0369. The zero-order valence-electron chi connectivity index (χ0n) is 13.8. The molecule has 3 aromatic rings. The Morgan fingerprint density at radius 2 is 1.81 bits per heavy atom. The number of hydrogen-bond acceptors (Lipinski definition) is 4. The van der Waals surface area contributed by atoms with Crippen molar-refractivity contribution in [1.29, 1.82) is 0 Å². The molecular weight excluding hydrogens is 356 g/mol. The van der Waals surface area contributed by atoms with Gasteiger partial charge in [0.15, 0.2) is 9.84 Å². The third-order valence-corrected chi connectivity index (χ3v) is 5.03. The summed E-state index contributed by atoms with van der Waals surface area (Å²) in [5, 5.41) is 12.5. The lowest BCUT2D eigenvalue weighted by molar-refractivity contribution is -0.115. The standard InChI is InChI=1S/C18H16N2O5S/c1-26(24,25)13-4-2-11(3-5-13)8-17(21)20-12-9-15(18(22)23)14-6-7-19-16(14)10-12/h2-7,9-10,19H,8H2,1H3,(H,20,21)(H,22,23). The van der Waals surface area contributed by atoms with Gasteiger partial charge < -0.3 is 15.4 Å². The maximum absolute atomic E-state index is 12.2. The van der Waals surface area contributed by atoms with Gasteiger partial charge in [0.2, 0.25) is 5.91 Å². The Hall–Kier alpha value is -3.13. The number of sulfone groups is 1. The van der Waals surface area contributed by atoms with Gasteiger partial charge in [-0.15, -0.1) is 0 Å². The van der Waals surface area contributed by atoms with Crippen molar-refractivity contribution in [2.24, 2.45) is 0 Å². The lowest BCUT2D eigenvalue weighted by Gasteiger charge is -2.08. The lowest BCUT2D eigenvalue weighted by Crippen LogP contribution is -2.15. The Bertz CT molecular complexity index is 1100. The van der Waals surface area contributed by atoms with Crippen LogP contribution in [-0.2, 0) is 21.1 Å². The average molecular weight is 372 g/mol. The molecule has 26 heavy (non-hydrogen) atoms. The second-order valence-electron chi connectivity index (χ2n) is 5.91. The van der Waals surface area contributed by atoms with Gasteiger partial charge in [-0.2, -0.15) is 0 Å². The van der Waals surface area contributed by atoms with E-state index in [0.29, 0.717) is 22.2 Å². The van der Waals surface area contributed by atoms with Gasteiger partial charge in [0.25, 0.3) is 0 Å². The molecule has 1 heterocycles. The highest BCUT2D eigenvalue weighted by Crippen LogP contribution is 2.23. The highest BCUT2D eigenvalue weighted by Gasteiger charge is 2.13. The smallest absolute Gasteiger partial charge is 0.336 e. The number of amides is 1. The third kappa shape index (κ3) is 3.75. The van der Waals surface area contributed by atoms with Crippen LogP contribution in [0.15, 0.2) is 53.6 Å². The Labute approximate surface area is 149 Å². The lowest BCUT2D eigenvalue weighted by atomic mass is 10.1. The average Bonchev–Trinajstić information content (AvgIpc) is 3.01. The SMILES string of the molecule is CS(=O)(=O)c1ccc(CC(=O)Nc2cc(C(=O)O)c3cc[nH]c3c2)cc1. The summed E-state index contributed by atoms with van der Waals surface area (Å²) in [6.07, 6.45) is 2.78. The number of aromatic nitrogens is 1. The highest BCUT2D eigenvalue weighted by atomic mass is 32.2. The Kier molecular flexibility index (Phi) is 4.52. The van der Waals surface area contributed by atoms with Crippen LogP contribution in [-0.4, -0.2) is 36.6 Å². The molecule has 0 aliphatic rings. The first-order valence-corrected chi connectivity index (χ1v) is 9.56. The quantitative estimate of drug-likeness (QED) is 0.636. The Morgan fingerprint density at radius 1 is 1.12 bits per heavy atom. The molecule has 0 saturated carbocycles. The van der Waals surface area contributed by atoms with Gasteiger partial charge in [-0.25, -0.2) is 13.2 Å². The molecule has 3 rings (SSSR count). The summed E-state index contributed by atoms with van der Waals surface area (Å²) in [6.45, 7) is 0. The fraction of sp³-hybridized carbons (Fsp3) is 0.111. The van der Waals surface area contributed by atoms with Gasteiger partial charge >= 0.3 is 5.97 Å². The number of benzene rings is 2. The molecule has 1 amide bonds. The van der Waals surface area contributed by atoms with E-state index in [9.17, 15) is 23.1 Å². The van der Waals surface area contributed by atoms with Gasteiger partial charge in [-0.05, 0) is 35.9 Å². The molecule has 0 spiro atoms. The van der Waals surface area contributed by atoms with Crippen molar-refractivity contribution >= 4 is 38.3 Å². The second kappa shape index (κ2) is 6.64. The van der Waals surface area contributed by atoms with Crippen LogP contribution in [0, 0.1) is 0 Å². The molecule has 2 aromatic carbocycles. The van der Waals surface area contributed by atoms with Gasteiger partial charge in [-0.3, -0.25) is 4.79 Å². The molecule has 7 nitrogen and oxygen atoms in total. The van der Waals surface area contributed by atoms with Crippen molar-refractivity contribution in [3.63, 3.8) is 0 Å². The van der Waals surface area contributed by atoms with Gasteiger partial charge in [-0.1, -0.05) is 12.1 Å². The first-order chi connectivity index (χ1) is 12.2. The van der Waals surface area contributed by atoms with Crippen LogP contribution in [0.1, 0.15) is 15.9 Å². The van der Waals surface area contributed by atoms with Crippen LogP contribution in [0.3, 0.4) is 0 Å². The number of aromatic carboxylic acids is 1. The van der Waals surface area contributed by atoms with E-state index < -0.39 is 15.8 Å². The number of hydrogen-bond donors (Lipinski definition) is 3. The van der Waals surface area contributed by atoms with Gasteiger partial charge in [0.1, 0.15) is 0 Å². The second-order valence-corrected chi connectivity index (χ2v) is 7.92. The van der Waals surface area contributed by atoms with E-state index in [0.717, 1.165) is 6.26 Å². The molecule has 1 aromatic heterocycles. The van der Waals surface area contributed by atoms with Crippen molar-refractivity contribution in [2.45, 2.75) is 11.3 Å². The summed E-state index contributed by atoms with van der Waals surface area (Å²) in [4.78, 5) is 26.7. The van der Waals surface area contributed by atoms with Crippen molar-refractivity contribution in [2.75, 3.05) is 11.6 Å². The van der Waals surface area contributed by atoms with Crippen LogP contribution in [0.5, 0.6) is 0 Å². The summed E-state index contributed by atoms with van der Waals surface area (Å²) < 4.78 is 22.9. The van der Waals surface area contributed by atoms with E-state index in [-0.39, 0.29) is 22.8 Å². The van der Waals surface area contributed by atoms with Crippen LogP contribution >= 0.6 is 0 Å². The van der Waals surface area contributed by atoms with E-state index >= 15 is 0 Å². The number of carboxylic acid groups (broad SMARTS) is 1. The number of nitrogens with one attached hydrogen (secondary N) is 2. The first-order valence-electron chi connectivity index (χ1n) is 7.67. The van der Waals surface area contributed by atoms with E-state index in [1.165, 1.54) is 18.2 Å². The van der Waals surface area contributed by atoms with Crippen molar-refractivity contribution < 1.29 is 23.1 Å². The van der Waals surface area contributed by atoms with Crippen molar-refractivity contribution in [3.05, 3.63) is 59.8 Å². The van der Waals surface area contributed by atoms with E-state index in [1.807, 2.05) is 0 Å². The predicted molar refractivity (Wildman–Crippen MR) is 97.1 cm³/mol. The fourth-order valence-electron chi connectivity index (χ4n) is 2.66. The molecule has 0 fully saturated rings. The number of H-pyrrole nitrogens is 1. The number of carboxylic acids is 1. The minimum atomic E-state index is -3.28. The van der Waals surface area contributed by atoms with Crippen LogP contribution in [0.25, 0.3) is 10.9 Å². The first kappa shape index (κ1) is 17.7. The molecule has 0 aliphatic carbocycles. The summed E-state index contributed by atoms with van der Waals surface area (Å²) in [6, 6.07) is 10.8. The maximum atomic E-state index is 12.2. The summed E-state index contributed by atoms with van der Waals surface area (Å²) in [7, 11) is -3.28. The summed E-state index contributed by atoms with van der Waals surface area (Å²) in [5.74, 6) is -1.42. The van der Waals surface area contributed by atoms with Crippen LogP contribution in [0.2, 0.25) is 0 Å². The molecule has 8 heteroatoms. The van der Waals surface area contributed by atoms with Crippen molar-refractivity contribution in [1.82, 2.24) is 4.98 Å². The number of rotatable bonds is 5. The molecule has 0 aliphatic heterocycles. The molecule has 0 saturated heterocycles. The molecule has 134 valence electrons. The van der Waals surface area contributed by atoms with E-state index in [4.69, 9.17) is 0 Å². The van der Waals surface area contributed by atoms with Gasteiger partial charge in [0.05, 0.1) is 16.9 Å². The molecule has 3 N–H and O–H groups in total. The number of anilines is 1. The molecule has 0 radical (unpaired) electrons. The Morgan fingerprint density at radius 3 is 2.42 bits per heavy atom. The largest absolute Gasteiger partial charge is 0.478 e. The number of fused-ring (bicyclic) bond motifs is 1. The van der Waals surface area contributed by atoms with Gasteiger partial charge in [0, 0.05) is 29.0 Å². The van der Waals surface area contributed by atoms with E-state index in [2.05, 4.69) is 10.3 Å². The molecule has 0 bridgehead atoms. The molecular formula is C18H16N2O5S. The number of aromatic amines is 1. The number of carbonyl (C=O) groups is 2. The molecule has 0 atom stereocenters. The van der Waals surface area contributed by atoms with Crippen molar-refractivity contribution in [3.8, 4) is 0 Å². The monoisotopic (exact) mass is 372 g/mol. The van der Waals surface area contributed by atoms with E-state index in [1.54, 1.807) is 30.5 Å². The Balaban J connectivity index is 1.78. The topological polar surface area (TPSA) is 116 Å². The van der Waals surface area contributed by atoms with Crippen LogP contribution < -0.4 is 5.32 Å². The fourth-order valence-corrected chi connectivity index (χ4v) is 3.29.